The highest BCUT2D eigenvalue weighted by atomic mass is 35.5. The number of aromatic amines is 1. The predicted molar refractivity (Wildman–Crippen MR) is 61.4 cm³/mol. The fourth-order valence-electron chi connectivity index (χ4n) is 1.50. The van der Waals surface area contributed by atoms with Gasteiger partial charge >= 0.3 is 0 Å². The molecule has 0 fully saturated rings. The Morgan fingerprint density at radius 3 is 2.65 bits per heavy atom. The minimum absolute atomic E-state index is 0.0988. The van der Waals surface area contributed by atoms with E-state index in [1.54, 1.807) is 0 Å². The summed E-state index contributed by atoms with van der Waals surface area (Å²) >= 11 is 5.73. The molecule has 2 rings (SSSR count). The SMILES string of the molecule is NC(=O)c1c[nH]c2cc(O)c(O)c(Cl)c2c1=O. The first kappa shape index (κ1) is 11.3. The Morgan fingerprint density at radius 1 is 1.41 bits per heavy atom. The first-order valence-electron chi connectivity index (χ1n) is 4.49. The van der Waals surface area contributed by atoms with Crippen molar-refractivity contribution >= 4 is 28.4 Å². The van der Waals surface area contributed by atoms with Gasteiger partial charge in [0.05, 0.1) is 15.9 Å². The summed E-state index contributed by atoms with van der Waals surface area (Å²) in [4.78, 5) is 25.4. The van der Waals surface area contributed by atoms with Crippen LogP contribution in [0.5, 0.6) is 11.5 Å². The Morgan fingerprint density at radius 2 is 2.06 bits per heavy atom. The Bertz CT molecular complexity index is 693. The third kappa shape index (κ3) is 1.58. The van der Waals surface area contributed by atoms with Gasteiger partial charge in [0, 0.05) is 12.3 Å². The normalized spacial score (nSPS) is 10.6. The van der Waals surface area contributed by atoms with Crippen molar-refractivity contribution in [2.45, 2.75) is 0 Å². The zero-order valence-corrected chi connectivity index (χ0v) is 9.08. The standard InChI is InChI=1S/C10H7ClN2O4/c11-7-6-4(1-5(14)9(7)16)13-2-3(8(6)15)10(12)17/h1-2,14,16H,(H2,12,17)(H,13,15). The van der Waals surface area contributed by atoms with Crippen molar-refractivity contribution < 1.29 is 15.0 Å². The topological polar surface area (TPSA) is 116 Å². The lowest BCUT2D eigenvalue weighted by atomic mass is 10.1. The number of nitrogens with one attached hydrogen (secondary N) is 1. The number of carbonyl (C=O) groups is 1. The molecule has 0 unspecified atom stereocenters. The molecule has 7 heteroatoms. The van der Waals surface area contributed by atoms with E-state index < -0.39 is 22.8 Å². The van der Waals surface area contributed by atoms with Crippen molar-refractivity contribution in [2.24, 2.45) is 5.73 Å². The number of rotatable bonds is 1. The molecule has 0 aliphatic rings. The smallest absolute Gasteiger partial charge is 0.254 e. The van der Waals surface area contributed by atoms with Crippen molar-refractivity contribution in [3.05, 3.63) is 33.1 Å². The molecule has 2 aromatic rings. The van der Waals surface area contributed by atoms with Gasteiger partial charge in [-0.2, -0.15) is 0 Å². The number of benzene rings is 1. The molecule has 0 radical (unpaired) electrons. The van der Waals surface area contributed by atoms with Crippen molar-refractivity contribution in [3.8, 4) is 11.5 Å². The quantitative estimate of drug-likeness (QED) is 0.560. The summed E-state index contributed by atoms with van der Waals surface area (Å²) in [5.41, 5.74) is 4.23. The number of carbonyl (C=O) groups excluding carboxylic acids is 1. The number of fused-ring (bicyclic) bond motifs is 1. The van der Waals surface area contributed by atoms with Crippen molar-refractivity contribution in [1.29, 1.82) is 0 Å². The lowest BCUT2D eigenvalue weighted by Gasteiger charge is -2.05. The van der Waals surface area contributed by atoms with Crippen LogP contribution in [0.1, 0.15) is 10.4 Å². The molecular formula is C10H7ClN2O4. The molecule has 0 atom stereocenters. The molecule has 0 aliphatic heterocycles. The van der Waals surface area contributed by atoms with Crippen LogP contribution in [-0.2, 0) is 0 Å². The van der Waals surface area contributed by atoms with Crippen molar-refractivity contribution in [1.82, 2.24) is 4.98 Å². The zero-order valence-electron chi connectivity index (χ0n) is 8.32. The number of phenols is 2. The second-order valence-corrected chi connectivity index (χ2v) is 3.75. The van der Waals surface area contributed by atoms with Crippen LogP contribution in [0.15, 0.2) is 17.1 Å². The highest BCUT2D eigenvalue weighted by molar-refractivity contribution is 6.37. The molecule has 5 N–H and O–H groups in total. The highest BCUT2D eigenvalue weighted by Gasteiger charge is 2.17. The largest absolute Gasteiger partial charge is 0.504 e. The number of hydrogen-bond acceptors (Lipinski definition) is 4. The monoisotopic (exact) mass is 254 g/mol. The lowest BCUT2D eigenvalue weighted by Crippen LogP contribution is -2.22. The molecule has 17 heavy (non-hydrogen) atoms. The molecule has 6 nitrogen and oxygen atoms in total. The molecule has 1 amide bonds. The van der Waals surface area contributed by atoms with E-state index in [1.807, 2.05) is 0 Å². The number of primary amides is 1. The third-order valence-electron chi connectivity index (χ3n) is 2.33. The van der Waals surface area contributed by atoms with E-state index in [0.29, 0.717) is 0 Å². The number of aromatic hydroxyl groups is 2. The zero-order chi connectivity index (χ0) is 12.7. The molecule has 88 valence electrons. The Labute approximate surface area is 99.3 Å². The molecule has 1 heterocycles. The molecule has 0 saturated heterocycles. The maximum Gasteiger partial charge on any atom is 0.254 e. The van der Waals surface area contributed by atoms with E-state index in [4.69, 9.17) is 17.3 Å². The minimum Gasteiger partial charge on any atom is -0.504 e. The van der Waals surface area contributed by atoms with Crippen LogP contribution in [-0.4, -0.2) is 21.1 Å². The van der Waals surface area contributed by atoms with Crippen molar-refractivity contribution in [2.75, 3.05) is 0 Å². The molecule has 0 saturated carbocycles. The van der Waals surface area contributed by atoms with Gasteiger partial charge in [-0.05, 0) is 0 Å². The van der Waals surface area contributed by atoms with Crippen LogP contribution in [0.25, 0.3) is 10.9 Å². The van der Waals surface area contributed by atoms with Gasteiger partial charge in [-0.1, -0.05) is 11.6 Å². The van der Waals surface area contributed by atoms with E-state index in [1.165, 1.54) is 0 Å². The third-order valence-corrected chi connectivity index (χ3v) is 2.70. The van der Waals surface area contributed by atoms with Crippen LogP contribution >= 0.6 is 11.6 Å². The van der Waals surface area contributed by atoms with Gasteiger partial charge in [0.1, 0.15) is 5.56 Å². The molecule has 0 spiro atoms. The fraction of sp³-hybridized carbons (Fsp3) is 0. The molecule has 1 aromatic heterocycles. The van der Waals surface area contributed by atoms with Crippen molar-refractivity contribution in [3.63, 3.8) is 0 Å². The highest BCUT2D eigenvalue weighted by Crippen LogP contribution is 2.37. The number of halogens is 1. The Kier molecular flexibility index (Phi) is 2.44. The maximum atomic E-state index is 11.9. The Hall–Kier alpha value is -2.21. The van der Waals surface area contributed by atoms with Gasteiger partial charge < -0.3 is 20.9 Å². The van der Waals surface area contributed by atoms with Crippen LogP contribution in [0.3, 0.4) is 0 Å². The van der Waals surface area contributed by atoms with Crippen LogP contribution in [0, 0.1) is 0 Å². The first-order valence-corrected chi connectivity index (χ1v) is 4.87. The molecular weight excluding hydrogens is 248 g/mol. The second kappa shape index (κ2) is 3.67. The van der Waals surface area contributed by atoms with Gasteiger partial charge in [-0.25, -0.2) is 0 Å². The van der Waals surface area contributed by atoms with Gasteiger partial charge in [0.25, 0.3) is 5.91 Å². The average Bonchev–Trinajstić information content (AvgIpc) is 2.25. The molecule has 1 aromatic carbocycles. The molecule has 0 aliphatic carbocycles. The number of nitrogens with two attached hydrogens (primary N) is 1. The second-order valence-electron chi connectivity index (χ2n) is 3.38. The summed E-state index contributed by atoms with van der Waals surface area (Å²) in [6.07, 6.45) is 1.12. The first-order chi connectivity index (χ1) is 7.93. The number of pyridine rings is 1. The number of aromatic nitrogens is 1. The number of H-pyrrole nitrogens is 1. The predicted octanol–water partition coefficient (Wildman–Crippen LogP) is 0.692. The van der Waals surface area contributed by atoms with Crippen LogP contribution in [0.4, 0.5) is 0 Å². The summed E-state index contributed by atoms with van der Waals surface area (Å²) in [7, 11) is 0. The minimum atomic E-state index is -0.906. The summed E-state index contributed by atoms with van der Waals surface area (Å²) in [5.74, 6) is -1.99. The summed E-state index contributed by atoms with van der Waals surface area (Å²) in [5, 5.41) is 18.3. The van der Waals surface area contributed by atoms with Gasteiger partial charge in [-0.15, -0.1) is 0 Å². The summed E-state index contributed by atoms with van der Waals surface area (Å²) < 4.78 is 0. The summed E-state index contributed by atoms with van der Waals surface area (Å²) in [6.45, 7) is 0. The lowest BCUT2D eigenvalue weighted by molar-refractivity contribution is 0.0999. The van der Waals surface area contributed by atoms with E-state index in [9.17, 15) is 19.8 Å². The van der Waals surface area contributed by atoms with Gasteiger partial charge in [0.15, 0.2) is 11.5 Å². The Balaban J connectivity index is 3.00. The van der Waals surface area contributed by atoms with Crippen LogP contribution in [0.2, 0.25) is 5.02 Å². The van der Waals surface area contributed by atoms with E-state index in [0.717, 1.165) is 12.3 Å². The average molecular weight is 255 g/mol. The van der Waals surface area contributed by atoms with E-state index in [2.05, 4.69) is 4.98 Å². The van der Waals surface area contributed by atoms with Gasteiger partial charge in [0.2, 0.25) is 5.43 Å². The molecule has 0 bridgehead atoms. The van der Waals surface area contributed by atoms with E-state index in [-0.39, 0.29) is 21.5 Å². The van der Waals surface area contributed by atoms with Crippen LogP contribution < -0.4 is 11.2 Å². The van der Waals surface area contributed by atoms with Gasteiger partial charge in [-0.3, -0.25) is 9.59 Å². The fourth-order valence-corrected chi connectivity index (χ4v) is 1.78. The summed E-state index contributed by atoms with van der Waals surface area (Å²) in [6, 6.07) is 1.13. The maximum absolute atomic E-state index is 11.9. The van der Waals surface area contributed by atoms with E-state index >= 15 is 0 Å². The number of amides is 1. The number of phenolic OH excluding ortho intramolecular Hbond substituents is 2. The number of hydrogen-bond donors (Lipinski definition) is 4.